The molecular weight excluding hydrogens is 462 g/mol. The van der Waals surface area contributed by atoms with Gasteiger partial charge in [-0.15, -0.1) is 0 Å². The van der Waals surface area contributed by atoms with Crippen molar-refractivity contribution in [2.45, 2.75) is 96.0 Å². The van der Waals surface area contributed by atoms with Crippen molar-refractivity contribution < 1.29 is 104 Å². The van der Waals surface area contributed by atoms with Gasteiger partial charge in [-0.05, 0) is 20.3 Å². The molecule has 0 rings (SSSR count). The number of hydrogen-bond acceptors (Lipinski definition) is 7. The van der Waals surface area contributed by atoms with Crippen LogP contribution in [0.3, 0.4) is 0 Å². The Morgan fingerprint density at radius 2 is 1.25 bits per heavy atom. The van der Waals surface area contributed by atoms with E-state index in [4.69, 9.17) is 14.2 Å². The molecule has 0 saturated heterocycles. The molecule has 0 aliphatic heterocycles. The minimum Gasteiger partial charge on any atom is -1.00 e. The Bertz CT molecular complexity index is 605. The number of carbonyl (C=O) groups excluding carboxylic acids is 1. The first-order chi connectivity index (χ1) is 14.2. The number of esters is 1. The average molecular weight is 503 g/mol. The van der Waals surface area contributed by atoms with Gasteiger partial charge in [-0.3, -0.25) is 9.35 Å². The van der Waals surface area contributed by atoms with Crippen LogP contribution in [0.4, 0.5) is 0 Å². The minimum atomic E-state index is -5.22. The van der Waals surface area contributed by atoms with Crippen LogP contribution in [0.25, 0.3) is 0 Å². The standard InChI is InChI=1S/C20H38O9S.2Na.2H/c1-4-7-8-9-10-11-12-13-14-15-16-27-19(23)20(28-5-2,29-6-3)17(18(21)22)30(24,25)26;;;;/h17H,4-16H2,1-3H3,(H,21,22)(H,24,25,26);;;;/q;2*+1;2*-1. The molecule has 0 spiro atoms. The van der Waals surface area contributed by atoms with Crippen molar-refractivity contribution >= 4 is 22.1 Å². The van der Waals surface area contributed by atoms with Gasteiger partial charge in [0.2, 0.25) is 5.25 Å². The van der Waals surface area contributed by atoms with Crippen LogP contribution in [0.5, 0.6) is 0 Å². The molecule has 2 N–H and O–H groups in total. The van der Waals surface area contributed by atoms with Crippen molar-refractivity contribution in [3.05, 3.63) is 0 Å². The van der Waals surface area contributed by atoms with E-state index in [1.165, 1.54) is 46.0 Å². The number of rotatable bonds is 19. The predicted octanol–water partition coefficient (Wildman–Crippen LogP) is -2.21. The molecule has 0 aliphatic carbocycles. The second-order valence-corrected chi connectivity index (χ2v) is 8.59. The van der Waals surface area contributed by atoms with Crippen LogP contribution in [0, 0.1) is 0 Å². The number of carboxylic acid groups (broad SMARTS) is 1. The van der Waals surface area contributed by atoms with Crippen LogP contribution in [0.15, 0.2) is 0 Å². The number of unbranched alkanes of at least 4 members (excludes halogenated alkanes) is 9. The molecule has 0 aromatic heterocycles. The van der Waals surface area contributed by atoms with Gasteiger partial charge in [0.25, 0.3) is 15.9 Å². The molecule has 0 bridgehead atoms. The van der Waals surface area contributed by atoms with Crippen LogP contribution < -0.4 is 59.1 Å². The Morgan fingerprint density at radius 1 is 0.844 bits per heavy atom. The SMILES string of the molecule is CCCCCCCCCCCCOC(=O)C(OCC)(OCC)C(C(=O)O)S(=O)(=O)O.[H-].[H-].[Na+].[Na+]. The summed E-state index contributed by atoms with van der Waals surface area (Å²) in [6, 6.07) is 0. The fraction of sp³-hybridized carbons (Fsp3) is 0.900. The van der Waals surface area contributed by atoms with E-state index >= 15 is 0 Å². The Kier molecular flexibility index (Phi) is 24.6. The molecule has 0 aromatic rings. The zero-order valence-corrected chi connectivity index (χ0v) is 25.2. The van der Waals surface area contributed by atoms with E-state index in [0.29, 0.717) is 6.42 Å². The summed E-state index contributed by atoms with van der Waals surface area (Å²) >= 11 is 0. The van der Waals surface area contributed by atoms with Gasteiger partial charge >= 0.3 is 71.1 Å². The summed E-state index contributed by atoms with van der Waals surface area (Å²) in [7, 11) is -5.22. The third-order valence-corrected chi connectivity index (χ3v) is 5.71. The number of carboxylic acids is 1. The Morgan fingerprint density at radius 3 is 1.59 bits per heavy atom. The molecule has 32 heavy (non-hydrogen) atoms. The maximum Gasteiger partial charge on any atom is 1.00 e. The van der Waals surface area contributed by atoms with E-state index in [0.717, 1.165) is 25.7 Å². The largest absolute Gasteiger partial charge is 1.00 e. The molecule has 182 valence electrons. The quantitative estimate of drug-likeness (QED) is 0.0663. The van der Waals surface area contributed by atoms with Gasteiger partial charge in [0.05, 0.1) is 6.61 Å². The van der Waals surface area contributed by atoms with Gasteiger partial charge in [-0.2, -0.15) is 8.42 Å². The average Bonchev–Trinajstić information content (AvgIpc) is 2.64. The summed E-state index contributed by atoms with van der Waals surface area (Å²) < 4.78 is 48.0. The zero-order chi connectivity index (χ0) is 23.0. The molecule has 0 radical (unpaired) electrons. The molecule has 0 fully saturated rings. The first-order valence-electron chi connectivity index (χ1n) is 10.8. The summed E-state index contributed by atoms with van der Waals surface area (Å²) in [5.74, 6) is -6.04. The van der Waals surface area contributed by atoms with E-state index in [1.54, 1.807) is 0 Å². The number of carbonyl (C=O) groups is 2. The van der Waals surface area contributed by atoms with Crippen LogP contribution in [-0.2, 0) is 33.9 Å². The van der Waals surface area contributed by atoms with Crippen molar-refractivity contribution in [1.82, 2.24) is 0 Å². The Balaban J connectivity index is -0.000000701. The van der Waals surface area contributed by atoms with Gasteiger partial charge in [0, 0.05) is 13.2 Å². The van der Waals surface area contributed by atoms with Gasteiger partial charge in [-0.1, -0.05) is 64.7 Å². The van der Waals surface area contributed by atoms with E-state index in [2.05, 4.69) is 6.92 Å². The molecule has 0 aliphatic rings. The van der Waals surface area contributed by atoms with Crippen molar-refractivity contribution in [2.75, 3.05) is 19.8 Å². The predicted molar refractivity (Wildman–Crippen MR) is 114 cm³/mol. The summed E-state index contributed by atoms with van der Waals surface area (Å²) in [6.07, 6.45) is 10.8. The van der Waals surface area contributed by atoms with Gasteiger partial charge in [-0.25, -0.2) is 4.79 Å². The molecule has 1 atom stereocenters. The van der Waals surface area contributed by atoms with E-state index < -0.39 is 33.1 Å². The molecule has 12 heteroatoms. The molecule has 0 amide bonds. The minimum absolute atomic E-state index is 0. The van der Waals surface area contributed by atoms with Gasteiger partial charge < -0.3 is 22.2 Å². The van der Waals surface area contributed by atoms with E-state index in [-0.39, 0.29) is 81.8 Å². The van der Waals surface area contributed by atoms with Gasteiger partial charge in [0.15, 0.2) is 0 Å². The summed E-state index contributed by atoms with van der Waals surface area (Å²) in [5, 5.41) is 6.64. The van der Waals surface area contributed by atoms with Gasteiger partial charge in [0.1, 0.15) is 0 Å². The third-order valence-electron chi connectivity index (χ3n) is 4.60. The third kappa shape index (κ3) is 14.2. The first kappa shape index (κ1) is 37.3. The summed E-state index contributed by atoms with van der Waals surface area (Å²) in [6.45, 7) is 4.57. The molecule has 0 heterocycles. The molecular formula is C20H40Na2O9S. The van der Waals surface area contributed by atoms with Crippen LogP contribution in [-0.4, -0.2) is 60.9 Å². The van der Waals surface area contributed by atoms with Crippen LogP contribution >= 0.6 is 0 Å². The maximum absolute atomic E-state index is 12.6. The normalized spacial score (nSPS) is 12.4. The Labute approximate surface area is 240 Å². The van der Waals surface area contributed by atoms with E-state index in [1.807, 2.05) is 0 Å². The van der Waals surface area contributed by atoms with E-state index in [9.17, 15) is 27.7 Å². The first-order valence-corrected chi connectivity index (χ1v) is 12.3. The number of hydrogen-bond donors (Lipinski definition) is 2. The second kappa shape index (κ2) is 21.1. The smallest absolute Gasteiger partial charge is 1.00 e. The molecule has 1 unspecified atom stereocenters. The monoisotopic (exact) mass is 502 g/mol. The second-order valence-electron chi connectivity index (χ2n) is 7.08. The zero-order valence-electron chi connectivity index (χ0n) is 22.4. The topological polar surface area (TPSA) is 136 Å². The summed E-state index contributed by atoms with van der Waals surface area (Å²) in [4.78, 5) is 24.1. The van der Waals surface area contributed by atoms with Crippen molar-refractivity contribution in [3.8, 4) is 0 Å². The Hall–Kier alpha value is 0.770. The van der Waals surface area contributed by atoms with Crippen LogP contribution in [0.1, 0.15) is 87.8 Å². The molecule has 9 nitrogen and oxygen atoms in total. The van der Waals surface area contributed by atoms with Crippen LogP contribution in [0.2, 0.25) is 0 Å². The van der Waals surface area contributed by atoms with Crippen molar-refractivity contribution in [2.24, 2.45) is 0 Å². The fourth-order valence-corrected chi connectivity index (χ4v) is 4.07. The van der Waals surface area contributed by atoms with Crippen molar-refractivity contribution in [3.63, 3.8) is 0 Å². The fourth-order valence-electron chi connectivity index (χ4n) is 3.19. The maximum atomic E-state index is 12.6. The number of ether oxygens (including phenoxy) is 3. The summed E-state index contributed by atoms with van der Waals surface area (Å²) in [5.41, 5.74) is 0. The molecule has 0 saturated carbocycles. The molecule has 0 aromatic carbocycles. The number of aliphatic carboxylic acids is 1. The van der Waals surface area contributed by atoms with Crippen molar-refractivity contribution in [1.29, 1.82) is 0 Å².